The number of pyridine rings is 2. The van der Waals surface area contributed by atoms with E-state index < -0.39 is 5.82 Å². The highest BCUT2D eigenvalue weighted by Crippen LogP contribution is 2.28. The molecule has 0 aromatic carbocycles. The average Bonchev–Trinajstić information content (AvgIpc) is 3.21. The number of aromatic nitrogens is 3. The molecule has 4 heterocycles. The first-order valence-corrected chi connectivity index (χ1v) is 8.71. The van der Waals surface area contributed by atoms with Gasteiger partial charge >= 0.3 is 6.03 Å². The number of nitrogens with zero attached hydrogens (tertiary/aromatic N) is 4. The summed E-state index contributed by atoms with van der Waals surface area (Å²) in [4.78, 5) is 22.6. The van der Waals surface area contributed by atoms with Crippen LogP contribution in [0.2, 0.25) is 0 Å². The summed E-state index contributed by atoms with van der Waals surface area (Å²) in [6.45, 7) is 8.36. The van der Waals surface area contributed by atoms with Crippen molar-refractivity contribution in [2.24, 2.45) is 0 Å². The van der Waals surface area contributed by atoms with Crippen LogP contribution in [0.4, 0.5) is 20.7 Å². The Bertz CT molecular complexity index is 966. The number of rotatable bonds is 1. The molecule has 1 N–H and O–H groups in total. The summed E-state index contributed by atoms with van der Waals surface area (Å²) in [5.74, 6) is 0.198. The maximum Gasteiger partial charge on any atom is 0.327 e. The molecule has 0 unspecified atom stereocenters. The Hall–Kier alpha value is -2.96. The van der Waals surface area contributed by atoms with Crippen molar-refractivity contribution in [1.29, 1.82) is 0 Å². The van der Waals surface area contributed by atoms with Gasteiger partial charge in [0, 0.05) is 31.2 Å². The number of aryl methyl sites for hydroxylation is 2. The van der Waals surface area contributed by atoms with E-state index in [9.17, 15) is 9.18 Å². The van der Waals surface area contributed by atoms with Crippen LogP contribution < -0.4 is 10.2 Å². The number of carbonyl (C=O) groups is 1. The summed E-state index contributed by atoms with van der Waals surface area (Å²) in [6, 6.07) is 2.90. The quantitative estimate of drug-likeness (QED) is 0.715. The Kier molecular flexibility index (Phi) is 4.88. The summed E-state index contributed by atoms with van der Waals surface area (Å²) in [6.07, 6.45) is 5.83. The van der Waals surface area contributed by atoms with Gasteiger partial charge in [-0.25, -0.2) is 19.2 Å². The molecule has 1 aliphatic heterocycles. The maximum atomic E-state index is 14.1. The Labute approximate surface area is 151 Å². The smallest absolute Gasteiger partial charge is 0.306 e. The molecule has 0 bridgehead atoms. The molecule has 0 saturated carbocycles. The Morgan fingerprint density at radius 2 is 2.04 bits per heavy atom. The first kappa shape index (κ1) is 17.8. The van der Waals surface area contributed by atoms with Gasteiger partial charge in [0.05, 0.1) is 11.4 Å². The topological polar surface area (TPSA) is 62.5 Å². The van der Waals surface area contributed by atoms with E-state index in [1.807, 2.05) is 26.8 Å². The second-order valence-electron chi connectivity index (χ2n) is 5.95. The first-order valence-electron chi connectivity index (χ1n) is 8.71. The highest BCUT2D eigenvalue weighted by atomic mass is 19.1. The monoisotopic (exact) mass is 355 g/mol. The Morgan fingerprint density at radius 1 is 1.27 bits per heavy atom. The standard InChI is InChI=1S/C17H16FN5O.C2H6/c1-10-3-5-19-15-13(10)4-6-23(15)17(24)21-12-7-14(18)16-20-11(2)8-22(16)9-12;1-2/h3,5,7-9H,4,6H2,1-2H3,(H,21,24);1-2H3. The largest absolute Gasteiger partial charge is 0.327 e. The van der Waals surface area contributed by atoms with Crippen LogP contribution >= 0.6 is 0 Å². The third-order valence-corrected chi connectivity index (χ3v) is 4.23. The van der Waals surface area contributed by atoms with E-state index in [1.54, 1.807) is 34.8 Å². The zero-order chi connectivity index (χ0) is 18.8. The third kappa shape index (κ3) is 3.12. The summed E-state index contributed by atoms with van der Waals surface area (Å²) >= 11 is 0. The zero-order valence-electron chi connectivity index (χ0n) is 15.4. The molecule has 7 heteroatoms. The number of carbonyl (C=O) groups excluding carboxylic acids is 1. The van der Waals surface area contributed by atoms with Gasteiger partial charge in [-0.05, 0) is 37.5 Å². The van der Waals surface area contributed by atoms with Crippen LogP contribution in [0.1, 0.15) is 30.7 Å². The van der Waals surface area contributed by atoms with Gasteiger partial charge in [-0.15, -0.1) is 0 Å². The SMILES string of the molecule is CC.Cc1cn2cc(NC(=O)N3CCc4c(C)ccnc43)cc(F)c2n1. The third-order valence-electron chi connectivity index (χ3n) is 4.23. The number of urea groups is 1. The highest BCUT2D eigenvalue weighted by molar-refractivity contribution is 6.02. The molecule has 0 saturated heterocycles. The van der Waals surface area contributed by atoms with Crippen LogP contribution in [0.25, 0.3) is 5.65 Å². The number of hydrogen-bond donors (Lipinski definition) is 1. The van der Waals surface area contributed by atoms with Crippen molar-refractivity contribution >= 4 is 23.2 Å². The van der Waals surface area contributed by atoms with E-state index in [-0.39, 0.29) is 11.7 Å². The van der Waals surface area contributed by atoms with Crippen molar-refractivity contribution in [2.75, 3.05) is 16.8 Å². The van der Waals surface area contributed by atoms with E-state index >= 15 is 0 Å². The van der Waals surface area contributed by atoms with E-state index in [0.29, 0.717) is 23.7 Å². The highest BCUT2D eigenvalue weighted by Gasteiger charge is 2.27. The van der Waals surface area contributed by atoms with Crippen molar-refractivity contribution in [2.45, 2.75) is 34.1 Å². The Morgan fingerprint density at radius 3 is 2.81 bits per heavy atom. The number of imidazole rings is 1. The van der Waals surface area contributed by atoms with Crippen LogP contribution in [0.3, 0.4) is 0 Å². The van der Waals surface area contributed by atoms with Gasteiger partial charge in [-0.2, -0.15) is 0 Å². The lowest BCUT2D eigenvalue weighted by Gasteiger charge is -2.17. The van der Waals surface area contributed by atoms with Crippen molar-refractivity contribution in [3.05, 3.63) is 53.4 Å². The average molecular weight is 355 g/mol. The minimum Gasteiger partial charge on any atom is -0.306 e. The predicted molar refractivity (Wildman–Crippen MR) is 100 cm³/mol. The molecule has 1 aliphatic rings. The fourth-order valence-corrected chi connectivity index (χ4v) is 3.08. The van der Waals surface area contributed by atoms with E-state index in [4.69, 9.17) is 0 Å². The molecule has 0 radical (unpaired) electrons. The van der Waals surface area contributed by atoms with Crippen LogP contribution in [0.5, 0.6) is 0 Å². The fraction of sp³-hybridized carbons (Fsp3) is 0.316. The summed E-state index contributed by atoms with van der Waals surface area (Å²) in [5, 5.41) is 2.74. The normalized spacial score (nSPS) is 12.6. The van der Waals surface area contributed by atoms with Gasteiger partial charge in [0.15, 0.2) is 11.5 Å². The molecule has 26 heavy (non-hydrogen) atoms. The second-order valence-corrected chi connectivity index (χ2v) is 5.95. The minimum atomic E-state index is -0.475. The molecule has 2 amide bonds. The van der Waals surface area contributed by atoms with Crippen molar-refractivity contribution < 1.29 is 9.18 Å². The Balaban J connectivity index is 0.000000948. The molecule has 0 atom stereocenters. The zero-order valence-corrected chi connectivity index (χ0v) is 15.4. The second kappa shape index (κ2) is 7.11. The number of fused-ring (bicyclic) bond motifs is 2. The van der Waals surface area contributed by atoms with Gasteiger partial charge in [0.1, 0.15) is 5.82 Å². The minimum absolute atomic E-state index is 0.245. The van der Waals surface area contributed by atoms with E-state index in [0.717, 1.165) is 17.5 Å². The van der Waals surface area contributed by atoms with Gasteiger partial charge in [0.2, 0.25) is 0 Å². The summed E-state index contributed by atoms with van der Waals surface area (Å²) in [5.41, 5.74) is 3.54. The number of anilines is 2. The predicted octanol–water partition coefficient (Wildman–Crippen LogP) is 4.11. The van der Waals surface area contributed by atoms with Gasteiger partial charge in [0.25, 0.3) is 0 Å². The van der Waals surface area contributed by atoms with Crippen LogP contribution in [-0.2, 0) is 6.42 Å². The van der Waals surface area contributed by atoms with Gasteiger partial charge in [-0.3, -0.25) is 4.90 Å². The molecule has 4 rings (SSSR count). The molecule has 3 aromatic rings. The van der Waals surface area contributed by atoms with Crippen molar-refractivity contribution in [3.63, 3.8) is 0 Å². The number of nitrogens with one attached hydrogen (secondary N) is 1. The molecular formula is C19H22FN5O. The molecular weight excluding hydrogens is 333 g/mol. The molecule has 3 aromatic heterocycles. The van der Waals surface area contributed by atoms with Gasteiger partial charge < -0.3 is 9.72 Å². The molecule has 0 fully saturated rings. The van der Waals surface area contributed by atoms with Gasteiger partial charge in [-0.1, -0.05) is 13.8 Å². The van der Waals surface area contributed by atoms with E-state index in [2.05, 4.69) is 15.3 Å². The van der Waals surface area contributed by atoms with Crippen LogP contribution in [0, 0.1) is 19.7 Å². The fourth-order valence-electron chi connectivity index (χ4n) is 3.08. The summed E-state index contributed by atoms with van der Waals surface area (Å²) < 4.78 is 15.7. The lowest BCUT2D eigenvalue weighted by Crippen LogP contribution is -2.34. The first-order chi connectivity index (χ1) is 12.5. The number of amides is 2. The van der Waals surface area contributed by atoms with Crippen LogP contribution in [-0.4, -0.2) is 26.9 Å². The van der Waals surface area contributed by atoms with Crippen molar-refractivity contribution in [1.82, 2.24) is 14.4 Å². The molecule has 0 spiro atoms. The summed E-state index contributed by atoms with van der Waals surface area (Å²) in [7, 11) is 0. The molecule has 136 valence electrons. The lowest BCUT2D eigenvalue weighted by molar-refractivity contribution is 0.257. The molecule has 6 nitrogen and oxygen atoms in total. The maximum absolute atomic E-state index is 14.1. The van der Waals surface area contributed by atoms with Crippen LogP contribution in [0.15, 0.2) is 30.7 Å². The molecule has 0 aliphatic carbocycles. The lowest BCUT2D eigenvalue weighted by atomic mass is 10.1. The number of hydrogen-bond acceptors (Lipinski definition) is 3. The van der Waals surface area contributed by atoms with Crippen molar-refractivity contribution in [3.8, 4) is 0 Å². The van der Waals surface area contributed by atoms with E-state index in [1.165, 1.54) is 6.07 Å². The number of halogens is 1.